The van der Waals surface area contributed by atoms with Gasteiger partial charge >= 0.3 is 0 Å². The van der Waals surface area contributed by atoms with E-state index in [-0.39, 0.29) is 5.92 Å². The van der Waals surface area contributed by atoms with Crippen molar-refractivity contribution >= 4 is 12.6 Å². The third kappa shape index (κ3) is 8.41. The van der Waals surface area contributed by atoms with Gasteiger partial charge in [0.05, 0.1) is 5.54 Å². The van der Waals surface area contributed by atoms with E-state index < -0.39 is 5.54 Å². The van der Waals surface area contributed by atoms with Crippen molar-refractivity contribution in [2.75, 3.05) is 14.1 Å². The third-order valence-electron chi connectivity index (χ3n) is 5.53. The number of carbonyl (C=O) groups is 2. The summed E-state index contributed by atoms with van der Waals surface area (Å²) in [5, 5.41) is 0. The summed E-state index contributed by atoms with van der Waals surface area (Å²) < 4.78 is 0. The number of unbranched alkanes of at least 4 members (excludes halogenated alkanes) is 10. The third-order valence-corrected chi connectivity index (χ3v) is 5.53. The molecule has 0 radical (unpaired) electrons. The Morgan fingerprint density at radius 2 is 1.25 bits per heavy atom. The van der Waals surface area contributed by atoms with Gasteiger partial charge in [-0.2, -0.15) is 0 Å². The van der Waals surface area contributed by atoms with Crippen molar-refractivity contribution in [1.29, 1.82) is 0 Å². The molecular formula is C21H41NO2. The van der Waals surface area contributed by atoms with Crippen molar-refractivity contribution in [2.24, 2.45) is 5.92 Å². The minimum atomic E-state index is -0.625. The largest absolute Gasteiger partial charge is 0.303 e. The SMILES string of the molecule is CCCCCCCCCCCCCC(C=O)C(C=O)(CC)N(C)C. The zero-order valence-corrected chi connectivity index (χ0v) is 16.7. The van der Waals surface area contributed by atoms with Gasteiger partial charge < -0.3 is 9.59 Å². The van der Waals surface area contributed by atoms with Crippen LogP contribution in [0.15, 0.2) is 0 Å². The van der Waals surface area contributed by atoms with Gasteiger partial charge in [-0.25, -0.2) is 0 Å². The molecule has 0 amide bonds. The molecule has 0 heterocycles. The van der Waals surface area contributed by atoms with E-state index >= 15 is 0 Å². The lowest BCUT2D eigenvalue weighted by molar-refractivity contribution is -0.127. The molecule has 0 saturated carbocycles. The molecule has 0 aromatic heterocycles. The molecule has 0 aromatic rings. The molecule has 2 atom stereocenters. The minimum absolute atomic E-state index is 0.187. The topological polar surface area (TPSA) is 37.4 Å². The standard InChI is InChI=1S/C21H41NO2/c1-5-7-8-9-10-11-12-13-14-15-16-17-20(18-23)21(6-2,19-24)22(3)4/h18-20H,5-17H2,1-4H3. The molecule has 0 N–H and O–H groups in total. The smallest absolute Gasteiger partial charge is 0.140 e. The van der Waals surface area contributed by atoms with Gasteiger partial charge in [0.2, 0.25) is 0 Å². The quantitative estimate of drug-likeness (QED) is 0.262. The van der Waals surface area contributed by atoms with E-state index in [1.54, 1.807) is 0 Å². The maximum atomic E-state index is 11.6. The van der Waals surface area contributed by atoms with E-state index in [1.165, 1.54) is 64.2 Å². The van der Waals surface area contributed by atoms with Crippen LogP contribution >= 0.6 is 0 Å². The second-order valence-corrected chi connectivity index (χ2v) is 7.42. The summed E-state index contributed by atoms with van der Waals surface area (Å²) >= 11 is 0. The zero-order valence-electron chi connectivity index (χ0n) is 16.7. The van der Waals surface area contributed by atoms with Gasteiger partial charge in [-0.15, -0.1) is 0 Å². The molecule has 2 unspecified atom stereocenters. The highest BCUT2D eigenvalue weighted by molar-refractivity contribution is 5.73. The normalized spacial score (nSPS) is 15.2. The summed E-state index contributed by atoms with van der Waals surface area (Å²) in [5.74, 6) is -0.187. The molecule has 0 aliphatic carbocycles. The van der Waals surface area contributed by atoms with E-state index in [9.17, 15) is 9.59 Å². The van der Waals surface area contributed by atoms with Gasteiger partial charge in [0.1, 0.15) is 12.6 Å². The van der Waals surface area contributed by atoms with E-state index in [0.717, 1.165) is 25.4 Å². The summed E-state index contributed by atoms with van der Waals surface area (Å²) in [7, 11) is 3.80. The highest BCUT2D eigenvalue weighted by atomic mass is 16.1. The van der Waals surface area contributed by atoms with Crippen molar-refractivity contribution in [3.05, 3.63) is 0 Å². The molecule has 0 rings (SSSR count). The van der Waals surface area contributed by atoms with Crippen LogP contribution < -0.4 is 0 Å². The van der Waals surface area contributed by atoms with E-state index in [1.807, 2.05) is 25.9 Å². The molecule has 0 bridgehead atoms. The van der Waals surface area contributed by atoms with Crippen LogP contribution in [0.25, 0.3) is 0 Å². The van der Waals surface area contributed by atoms with E-state index in [2.05, 4.69) is 6.92 Å². The van der Waals surface area contributed by atoms with Crippen LogP contribution in [0.4, 0.5) is 0 Å². The molecule has 3 nitrogen and oxygen atoms in total. The second-order valence-electron chi connectivity index (χ2n) is 7.42. The van der Waals surface area contributed by atoms with E-state index in [4.69, 9.17) is 0 Å². The van der Waals surface area contributed by atoms with Gasteiger partial charge in [-0.3, -0.25) is 4.90 Å². The first kappa shape index (κ1) is 23.3. The van der Waals surface area contributed by atoms with E-state index in [0.29, 0.717) is 6.42 Å². The maximum absolute atomic E-state index is 11.6. The van der Waals surface area contributed by atoms with Crippen molar-refractivity contribution in [2.45, 2.75) is 103 Å². The van der Waals surface area contributed by atoms with Crippen molar-refractivity contribution < 1.29 is 9.59 Å². The number of hydrogen-bond donors (Lipinski definition) is 0. The highest BCUT2D eigenvalue weighted by Gasteiger charge is 2.38. The average molecular weight is 340 g/mol. The minimum Gasteiger partial charge on any atom is -0.303 e. The fourth-order valence-electron chi connectivity index (χ4n) is 3.65. The summed E-state index contributed by atoms with van der Waals surface area (Å²) in [4.78, 5) is 25.0. The lowest BCUT2D eigenvalue weighted by atomic mass is 9.79. The molecule has 0 spiro atoms. The molecule has 24 heavy (non-hydrogen) atoms. The Morgan fingerprint density at radius 3 is 1.58 bits per heavy atom. The number of likely N-dealkylation sites (N-methyl/N-ethyl adjacent to an activating group) is 1. The van der Waals surface area contributed by atoms with Crippen LogP contribution in [0.1, 0.15) is 97.3 Å². The van der Waals surface area contributed by atoms with Crippen molar-refractivity contribution in [1.82, 2.24) is 4.90 Å². The molecule has 142 valence electrons. The molecule has 0 saturated heterocycles. The summed E-state index contributed by atoms with van der Waals surface area (Å²) in [6.45, 7) is 4.25. The fraction of sp³-hybridized carbons (Fsp3) is 0.905. The first-order chi connectivity index (χ1) is 11.6. The first-order valence-electron chi connectivity index (χ1n) is 10.2. The molecule has 0 aromatic carbocycles. The molecule has 3 heteroatoms. The van der Waals surface area contributed by atoms with Gasteiger partial charge in [0, 0.05) is 5.92 Å². The van der Waals surface area contributed by atoms with Crippen molar-refractivity contribution in [3.8, 4) is 0 Å². The molecule has 0 aliphatic heterocycles. The highest BCUT2D eigenvalue weighted by Crippen LogP contribution is 2.28. The lowest BCUT2D eigenvalue weighted by Gasteiger charge is -2.38. The number of carbonyl (C=O) groups excluding carboxylic acids is 2. The Morgan fingerprint density at radius 1 is 0.792 bits per heavy atom. The number of hydrogen-bond acceptors (Lipinski definition) is 3. The summed E-state index contributed by atoms with van der Waals surface area (Å²) in [5.41, 5.74) is -0.625. The van der Waals surface area contributed by atoms with Gasteiger partial charge in [-0.1, -0.05) is 84.5 Å². The number of rotatable bonds is 17. The Bertz CT molecular complexity index is 317. The molecule has 0 aliphatic rings. The predicted molar refractivity (Wildman–Crippen MR) is 103 cm³/mol. The van der Waals surface area contributed by atoms with Gasteiger partial charge in [-0.05, 0) is 26.9 Å². The number of aldehydes is 2. The Labute approximate surface area is 150 Å². The van der Waals surface area contributed by atoms with Crippen LogP contribution in [0, 0.1) is 5.92 Å². The lowest BCUT2D eigenvalue weighted by Crippen LogP contribution is -2.52. The van der Waals surface area contributed by atoms with Crippen LogP contribution in [0.5, 0.6) is 0 Å². The monoisotopic (exact) mass is 339 g/mol. The fourth-order valence-corrected chi connectivity index (χ4v) is 3.65. The Balaban J connectivity index is 3.85. The molecule has 0 fully saturated rings. The van der Waals surface area contributed by atoms with Crippen LogP contribution in [0.2, 0.25) is 0 Å². The maximum Gasteiger partial charge on any atom is 0.140 e. The summed E-state index contributed by atoms with van der Waals surface area (Å²) in [6, 6.07) is 0. The first-order valence-corrected chi connectivity index (χ1v) is 10.2. The van der Waals surface area contributed by atoms with Crippen LogP contribution in [-0.4, -0.2) is 37.1 Å². The predicted octanol–water partition coefficient (Wildman–Crippen LogP) is 5.41. The Hall–Kier alpha value is -0.700. The van der Waals surface area contributed by atoms with Crippen LogP contribution in [-0.2, 0) is 9.59 Å². The summed E-state index contributed by atoms with van der Waals surface area (Å²) in [6.07, 6.45) is 17.8. The average Bonchev–Trinajstić information content (AvgIpc) is 2.58. The van der Waals surface area contributed by atoms with Gasteiger partial charge in [0.15, 0.2) is 0 Å². The van der Waals surface area contributed by atoms with Gasteiger partial charge in [0.25, 0.3) is 0 Å². The second kappa shape index (κ2) is 14.6. The van der Waals surface area contributed by atoms with Crippen LogP contribution in [0.3, 0.4) is 0 Å². The number of nitrogens with zero attached hydrogens (tertiary/aromatic N) is 1. The zero-order chi connectivity index (χ0) is 18.3. The molecular weight excluding hydrogens is 298 g/mol. The Kier molecular flexibility index (Phi) is 14.2. The van der Waals surface area contributed by atoms with Crippen molar-refractivity contribution in [3.63, 3.8) is 0 Å².